The summed E-state index contributed by atoms with van der Waals surface area (Å²) in [7, 11) is 0. The molecule has 0 amide bonds. The van der Waals surface area contributed by atoms with Crippen molar-refractivity contribution in [3.05, 3.63) is 0 Å². The van der Waals surface area contributed by atoms with Crippen LogP contribution in [0.25, 0.3) is 0 Å². The number of fused-ring (bicyclic) bond motifs is 2. The Morgan fingerprint density at radius 3 is 2.10 bits per heavy atom. The number of carbonyl (C=O) groups excluding carboxylic acids is 2. The van der Waals surface area contributed by atoms with Crippen LogP contribution in [0.5, 0.6) is 0 Å². The van der Waals surface area contributed by atoms with Crippen molar-refractivity contribution in [2.24, 2.45) is 44.8 Å². The molecule has 0 aromatic rings. The second kappa shape index (κ2) is 8.72. The van der Waals surface area contributed by atoms with Gasteiger partial charge in [-0.3, -0.25) is 9.59 Å². The molecule has 0 radical (unpaired) electrons. The Morgan fingerprint density at radius 1 is 0.854 bits per heavy atom. The molecule has 6 fully saturated rings. The third-order valence-corrected chi connectivity index (χ3v) is 14.3. The number of carbonyl (C=O) groups is 2. The van der Waals surface area contributed by atoms with Gasteiger partial charge in [0, 0.05) is 31.1 Å². The summed E-state index contributed by atoms with van der Waals surface area (Å²) in [4.78, 5) is 24.6. The van der Waals surface area contributed by atoms with E-state index in [1.807, 2.05) is 13.8 Å². The Kier molecular flexibility index (Phi) is 6.35. The van der Waals surface area contributed by atoms with Crippen molar-refractivity contribution in [1.29, 1.82) is 0 Å². The van der Waals surface area contributed by atoms with Crippen LogP contribution in [0.15, 0.2) is 0 Å². The molecule has 7 nitrogen and oxygen atoms in total. The number of ether oxygens (including phenoxy) is 3. The normalized spacial score (nSPS) is 53.4. The maximum Gasteiger partial charge on any atom is 0.302 e. The third-order valence-electron chi connectivity index (χ3n) is 14.3. The number of esters is 2. The van der Waals surface area contributed by atoms with E-state index in [1.165, 1.54) is 13.8 Å². The predicted octanol–water partition coefficient (Wildman–Crippen LogP) is 5.58. The summed E-state index contributed by atoms with van der Waals surface area (Å²) in [5, 5.41) is 22.7. The molecule has 2 unspecified atom stereocenters. The van der Waals surface area contributed by atoms with E-state index >= 15 is 0 Å². The molecule has 2 spiro atoms. The molecule has 5 saturated carbocycles. The summed E-state index contributed by atoms with van der Waals surface area (Å²) in [6.45, 7) is 18.1. The summed E-state index contributed by atoms with van der Waals surface area (Å²) in [5.41, 5.74) is -1.80. The lowest BCUT2D eigenvalue weighted by Gasteiger charge is -2.64. The van der Waals surface area contributed by atoms with Gasteiger partial charge in [-0.15, -0.1) is 0 Å². The number of aliphatic hydroxyl groups is 2. The zero-order valence-corrected chi connectivity index (χ0v) is 26.8. The minimum Gasteiger partial charge on any atom is -0.462 e. The first-order valence-corrected chi connectivity index (χ1v) is 16.2. The molecule has 5 aliphatic carbocycles. The highest BCUT2D eigenvalue weighted by molar-refractivity contribution is 5.67. The maximum atomic E-state index is 12.6. The molecular formula is C34H54O7. The van der Waals surface area contributed by atoms with Crippen LogP contribution in [-0.2, 0) is 23.8 Å². The topological polar surface area (TPSA) is 102 Å². The highest BCUT2D eigenvalue weighted by Gasteiger charge is 2.85. The Hall–Kier alpha value is -1.18. The highest BCUT2D eigenvalue weighted by Crippen LogP contribution is 2.89. The first kappa shape index (κ1) is 29.9. The predicted molar refractivity (Wildman–Crippen MR) is 154 cm³/mol. The summed E-state index contributed by atoms with van der Waals surface area (Å²) in [6.07, 6.45) is 7.08. The summed E-state index contributed by atoms with van der Waals surface area (Å²) >= 11 is 0. The van der Waals surface area contributed by atoms with E-state index in [2.05, 4.69) is 34.6 Å². The zero-order valence-electron chi connectivity index (χ0n) is 26.8. The number of rotatable bonds is 4. The minimum atomic E-state index is -0.921. The quantitative estimate of drug-likeness (QED) is 0.423. The van der Waals surface area contributed by atoms with Gasteiger partial charge in [-0.2, -0.15) is 0 Å². The van der Waals surface area contributed by atoms with Crippen LogP contribution < -0.4 is 0 Å². The third kappa shape index (κ3) is 3.79. The average molecular weight is 575 g/mol. The van der Waals surface area contributed by atoms with Gasteiger partial charge < -0.3 is 24.4 Å². The Labute approximate surface area is 246 Å². The molecule has 6 aliphatic rings. The van der Waals surface area contributed by atoms with E-state index in [0.717, 1.165) is 57.8 Å². The molecule has 0 aromatic carbocycles. The molecule has 7 heteroatoms. The summed E-state index contributed by atoms with van der Waals surface area (Å²) in [5.74, 6) is -0.0675. The number of hydrogen-bond donors (Lipinski definition) is 2. The van der Waals surface area contributed by atoms with Crippen LogP contribution in [0.4, 0.5) is 0 Å². The van der Waals surface area contributed by atoms with Crippen molar-refractivity contribution in [3.8, 4) is 0 Å². The molecule has 0 aromatic heterocycles. The lowest BCUT2D eigenvalue weighted by atomic mass is 9.41. The van der Waals surface area contributed by atoms with E-state index in [9.17, 15) is 19.8 Å². The Balaban J connectivity index is 1.38. The Bertz CT molecular complexity index is 1130. The van der Waals surface area contributed by atoms with Gasteiger partial charge in [0.15, 0.2) is 0 Å². The first-order valence-electron chi connectivity index (χ1n) is 16.2. The van der Waals surface area contributed by atoms with Gasteiger partial charge >= 0.3 is 11.9 Å². The van der Waals surface area contributed by atoms with Crippen LogP contribution >= 0.6 is 0 Å². The SMILES string of the molecule is CC(=O)O[C@H]1CC2C3(CC[C@]4(C)[C@@H]([C@@]5(C)CC[C@@H](C(C)(C)O)O5)[C@@H](O)C[C@@]24C)C[C@@]32CC[C@H](OC(C)=O)C(C)(C)[C@H]12. The van der Waals surface area contributed by atoms with Gasteiger partial charge in [0.1, 0.15) is 12.2 Å². The summed E-state index contributed by atoms with van der Waals surface area (Å²) < 4.78 is 18.8. The van der Waals surface area contributed by atoms with E-state index in [0.29, 0.717) is 5.92 Å². The van der Waals surface area contributed by atoms with Crippen molar-refractivity contribution < 1.29 is 34.0 Å². The molecule has 232 valence electrons. The number of hydrogen-bond acceptors (Lipinski definition) is 7. The van der Waals surface area contributed by atoms with Gasteiger partial charge in [-0.05, 0) is 106 Å². The molecule has 0 bridgehead atoms. The van der Waals surface area contributed by atoms with Crippen LogP contribution in [-0.4, -0.2) is 57.8 Å². The smallest absolute Gasteiger partial charge is 0.302 e. The van der Waals surface area contributed by atoms with Crippen molar-refractivity contribution in [2.45, 2.75) is 156 Å². The van der Waals surface area contributed by atoms with Crippen LogP contribution in [0.2, 0.25) is 0 Å². The molecule has 2 N–H and O–H groups in total. The fraction of sp³-hybridized carbons (Fsp3) is 0.941. The molecule has 1 heterocycles. The molecule has 12 atom stereocenters. The summed E-state index contributed by atoms with van der Waals surface area (Å²) in [6, 6.07) is 0. The second-order valence-corrected chi connectivity index (χ2v) is 17.1. The molecule has 6 rings (SSSR count). The van der Waals surface area contributed by atoms with E-state index in [-0.39, 0.29) is 69.2 Å². The fourth-order valence-electron chi connectivity index (χ4n) is 12.8. The van der Waals surface area contributed by atoms with E-state index < -0.39 is 17.3 Å². The monoisotopic (exact) mass is 574 g/mol. The standard InChI is InChI=1S/C34H54O7/c1-19(35)39-22-16-23-31(8)17-21(37)26(32(9)12-10-25(41-32)29(5,6)38)30(31,7)14-15-33(23)18-34(33)13-11-24(40-20(2)36)28(3,4)27(22)34/h21-27,37-38H,10-18H2,1-9H3/t21-,22-,23?,24-,25-,26-,27-,30+,31-,32+,33?,34+/m0/s1. The van der Waals surface area contributed by atoms with Gasteiger partial charge in [0.25, 0.3) is 0 Å². The zero-order chi connectivity index (χ0) is 30.2. The van der Waals surface area contributed by atoms with Crippen LogP contribution in [0.3, 0.4) is 0 Å². The molecule has 41 heavy (non-hydrogen) atoms. The molecule has 1 aliphatic heterocycles. The van der Waals surface area contributed by atoms with Crippen LogP contribution in [0.1, 0.15) is 120 Å². The molecular weight excluding hydrogens is 520 g/mol. The van der Waals surface area contributed by atoms with Crippen molar-refractivity contribution in [1.82, 2.24) is 0 Å². The van der Waals surface area contributed by atoms with Gasteiger partial charge in [-0.1, -0.05) is 27.7 Å². The second-order valence-electron chi connectivity index (χ2n) is 17.1. The van der Waals surface area contributed by atoms with Gasteiger partial charge in [-0.25, -0.2) is 0 Å². The lowest BCUT2D eigenvalue weighted by molar-refractivity contribution is -0.224. The van der Waals surface area contributed by atoms with Crippen molar-refractivity contribution in [2.75, 3.05) is 0 Å². The van der Waals surface area contributed by atoms with Crippen LogP contribution in [0, 0.1) is 44.8 Å². The maximum absolute atomic E-state index is 12.6. The van der Waals surface area contributed by atoms with E-state index in [1.54, 1.807) is 0 Å². The number of aliphatic hydroxyl groups excluding tert-OH is 1. The van der Waals surface area contributed by atoms with Crippen molar-refractivity contribution in [3.63, 3.8) is 0 Å². The van der Waals surface area contributed by atoms with Gasteiger partial charge in [0.2, 0.25) is 0 Å². The minimum absolute atomic E-state index is 0.0274. The largest absolute Gasteiger partial charge is 0.462 e. The van der Waals surface area contributed by atoms with Crippen molar-refractivity contribution >= 4 is 11.9 Å². The van der Waals surface area contributed by atoms with Gasteiger partial charge in [0.05, 0.1) is 23.4 Å². The molecule has 1 saturated heterocycles. The highest BCUT2D eigenvalue weighted by atomic mass is 16.6. The Morgan fingerprint density at radius 2 is 1.51 bits per heavy atom. The first-order chi connectivity index (χ1) is 18.8. The van der Waals surface area contributed by atoms with E-state index in [4.69, 9.17) is 14.2 Å². The fourth-order valence-corrected chi connectivity index (χ4v) is 12.8. The average Bonchev–Trinajstić information content (AvgIpc) is 3.18. The lowest BCUT2D eigenvalue weighted by Crippen LogP contribution is -2.63.